The summed E-state index contributed by atoms with van der Waals surface area (Å²) < 4.78 is 0. The molecule has 2 N–H and O–H groups in total. The van der Waals surface area contributed by atoms with E-state index in [0.717, 1.165) is 37.4 Å². The average Bonchev–Trinajstić information content (AvgIpc) is 3.05. The number of hydrogen-bond acceptors (Lipinski definition) is 4. The number of pyridine rings is 1. The summed E-state index contributed by atoms with van der Waals surface area (Å²) in [6, 6.07) is 4.83. The minimum atomic E-state index is -0.0646. The van der Waals surface area contributed by atoms with Gasteiger partial charge < -0.3 is 15.5 Å². The maximum Gasteiger partial charge on any atom is 0.315 e. The van der Waals surface area contributed by atoms with Crippen LogP contribution in [0.25, 0.3) is 0 Å². The summed E-state index contributed by atoms with van der Waals surface area (Å²) >= 11 is 0. The molecule has 2 aliphatic heterocycles. The molecule has 3 rings (SSSR count). The van der Waals surface area contributed by atoms with E-state index >= 15 is 0 Å². The Morgan fingerprint density at radius 2 is 2.08 bits per heavy atom. The number of fused-ring (bicyclic) bond motifs is 1. The molecule has 25 heavy (non-hydrogen) atoms. The first-order valence-electron chi connectivity index (χ1n) is 9.69. The van der Waals surface area contributed by atoms with Crippen molar-refractivity contribution in [2.75, 3.05) is 31.1 Å². The van der Waals surface area contributed by atoms with Gasteiger partial charge in [-0.25, -0.2) is 9.78 Å². The number of carbonyl (C=O) groups is 1. The highest BCUT2D eigenvalue weighted by molar-refractivity contribution is 5.74. The van der Waals surface area contributed by atoms with E-state index in [2.05, 4.69) is 39.3 Å². The predicted octanol–water partition coefficient (Wildman–Crippen LogP) is 2.35. The van der Waals surface area contributed by atoms with Gasteiger partial charge in [-0.2, -0.15) is 0 Å². The topological polar surface area (TPSA) is 60.5 Å². The van der Waals surface area contributed by atoms with Crippen molar-refractivity contribution in [3.63, 3.8) is 0 Å². The van der Waals surface area contributed by atoms with Crippen molar-refractivity contribution < 1.29 is 4.79 Å². The van der Waals surface area contributed by atoms with Crippen molar-refractivity contribution in [3.8, 4) is 0 Å². The molecule has 1 aromatic heterocycles. The van der Waals surface area contributed by atoms with Crippen LogP contribution in [0.5, 0.6) is 0 Å². The van der Waals surface area contributed by atoms with Crippen LogP contribution in [0.4, 0.5) is 10.6 Å². The Morgan fingerprint density at radius 1 is 1.24 bits per heavy atom. The molecule has 0 bridgehead atoms. The molecule has 2 amide bonds. The van der Waals surface area contributed by atoms with Gasteiger partial charge in [-0.3, -0.25) is 4.90 Å². The lowest BCUT2D eigenvalue weighted by molar-refractivity contribution is 0.179. The number of rotatable bonds is 6. The highest BCUT2D eigenvalue weighted by Crippen LogP contribution is 2.27. The second-order valence-corrected chi connectivity index (χ2v) is 7.02. The van der Waals surface area contributed by atoms with Gasteiger partial charge in [0.05, 0.1) is 0 Å². The van der Waals surface area contributed by atoms with Crippen molar-refractivity contribution in [1.82, 2.24) is 20.5 Å². The summed E-state index contributed by atoms with van der Waals surface area (Å²) in [7, 11) is 0. The number of nitrogens with one attached hydrogen (secondary N) is 2. The van der Waals surface area contributed by atoms with Gasteiger partial charge in [-0.15, -0.1) is 0 Å². The monoisotopic (exact) mass is 345 g/mol. The Bertz CT molecular complexity index is 557. The first-order valence-corrected chi connectivity index (χ1v) is 9.69. The number of amides is 2. The molecule has 2 fully saturated rings. The highest BCUT2D eigenvalue weighted by Gasteiger charge is 2.36. The maximum absolute atomic E-state index is 12.2. The van der Waals surface area contributed by atoms with Crippen molar-refractivity contribution in [1.29, 1.82) is 0 Å². The normalized spacial score (nSPS) is 23.1. The van der Waals surface area contributed by atoms with E-state index in [9.17, 15) is 4.79 Å². The Kier molecular flexibility index (Phi) is 6.13. The fraction of sp³-hybridized carbons (Fsp3) is 0.684. The predicted molar refractivity (Wildman–Crippen MR) is 101 cm³/mol. The second kappa shape index (κ2) is 8.52. The molecule has 3 heterocycles. The molecule has 0 aliphatic carbocycles. The smallest absolute Gasteiger partial charge is 0.315 e. The fourth-order valence-electron chi connectivity index (χ4n) is 4.07. The molecule has 0 saturated carbocycles. The maximum atomic E-state index is 12.2. The summed E-state index contributed by atoms with van der Waals surface area (Å²) in [6.07, 6.45) is 6.71. The van der Waals surface area contributed by atoms with Crippen molar-refractivity contribution >= 4 is 11.8 Å². The van der Waals surface area contributed by atoms with Gasteiger partial charge in [0.25, 0.3) is 0 Å². The Morgan fingerprint density at radius 3 is 2.80 bits per heavy atom. The van der Waals surface area contributed by atoms with Crippen molar-refractivity contribution in [3.05, 3.63) is 23.9 Å². The molecule has 2 atom stereocenters. The first kappa shape index (κ1) is 18.0. The largest absolute Gasteiger partial charge is 0.357 e. The van der Waals surface area contributed by atoms with Gasteiger partial charge in [0.1, 0.15) is 5.82 Å². The number of piperidine rings is 1. The van der Waals surface area contributed by atoms with Crippen LogP contribution >= 0.6 is 0 Å². The summed E-state index contributed by atoms with van der Waals surface area (Å²) in [4.78, 5) is 21.5. The molecule has 6 nitrogen and oxygen atoms in total. The van der Waals surface area contributed by atoms with E-state index in [1.54, 1.807) is 0 Å². The fourth-order valence-corrected chi connectivity index (χ4v) is 4.07. The molecule has 2 aliphatic rings. The van der Waals surface area contributed by atoms with Gasteiger partial charge in [-0.1, -0.05) is 12.5 Å². The molecule has 2 unspecified atom stereocenters. The van der Waals surface area contributed by atoms with Crippen molar-refractivity contribution in [2.45, 2.75) is 58.2 Å². The van der Waals surface area contributed by atoms with Gasteiger partial charge in [0.15, 0.2) is 0 Å². The van der Waals surface area contributed by atoms with Crippen LogP contribution in [0.1, 0.15) is 45.1 Å². The number of aromatic nitrogens is 1. The van der Waals surface area contributed by atoms with Crippen LogP contribution in [-0.4, -0.2) is 54.2 Å². The van der Waals surface area contributed by atoms with Crippen LogP contribution in [0.15, 0.2) is 18.3 Å². The quantitative estimate of drug-likeness (QED) is 0.831. The van der Waals surface area contributed by atoms with Crippen LogP contribution in [0.2, 0.25) is 0 Å². The number of anilines is 1. The van der Waals surface area contributed by atoms with Gasteiger partial charge in [0.2, 0.25) is 0 Å². The molecular formula is C19H31N5O. The minimum absolute atomic E-state index is 0.0646. The first-order chi connectivity index (χ1) is 12.2. The zero-order chi connectivity index (χ0) is 17.6. The van der Waals surface area contributed by atoms with E-state index in [0.29, 0.717) is 18.6 Å². The van der Waals surface area contributed by atoms with Gasteiger partial charge in [0, 0.05) is 44.5 Å². The van der Waals surface area contributed by atoms with Crippen LogP contribution in [-0.2, 0) is 6.54 Å². The standard InChI is InChI=1S/C19H31N5O/c1-3-23(4-2)18-9-8-15(13-20-18)14-21-19(25)22-16-10-12-24-11-6-5-7-17(16)24/h8-9,13,16-17H,3-7,10-12,14H2,1-2H3,(H2,21,22,25). The molecular weight excluding hydrogens is 314 g/mol. The summed E-state index contributed by atoms with van der Waals surface area (Å²) in [5, 5.41) is 6.15. The van der Waals surface area contributed by atoms with Crippen LogP contribution < -0.4 is 15.5 Å². The third-order valence-corrected chi connectivity index (χ3v) is 5.52. The average molecular weight is 345 g/mol. The lowest BCUT2D eigenvalue weighted by Gasteiger charge is -2.32. The molecule has 2 saturated heterocycles. The second-order valence-electron chi connectivity index (χ2n) is 7.02. The minimum Gasteiger partial charge on any atom is -0.357 e. The highest BCUT2D eigenvalue weighted by atomic mass is 16.2. The molecule has 0 radical (unpaired) electrons. The van der Waals surface area contributed by atoms with Gasteiger partial charge in [-0.05, 0) is 51.3 Å². The number of nitrogens with zero attached hydrogens (tertiary/aromatic N) is 3. The molecule has 0 spiro atoms. The van der Waals surface area contributed by atoms with E-state index in [4.69, 9.17) is 0 Å². The Balaban J connectivity index is 1.46. The molecule has 138 valence electrons. The Hall–Kier alpha value is -1.82. The van der Waals surface area contributed by atoms with E-state index < -0.39 is 0 Å². The molecule has 1 aromatic rings. The Labute approximate surface area is 151 Å². The SMILES string of the molecule is CCN(CC)c1ccc(CNC(=O)NC2CCN3CCCCC23)cn1. The zero-order valence-electron chi connectivity index (χ0n) is 15.5. The summed E-state index contributed by atoms with van der Waals surface area (Å²) in [5.74, 6) is 0.988. The molecule has 6 heteroatoms. The third kappa shape index (κ3) is 4.42. The summed E-state index contributed by atoms with van der Waals surface area (Å²) in [5.41, 5.74) is 1.02. The van der Waals surface area contributed by atoms with Crippen LogP contribution in [0.3, 0.4) is 0 Å². The van der Waals surface area contributed by atoms with E-state index in [1.165, 1.54) is 25.8 Å². The number of urea groups is 1. The lowest BCUT2D eigenvalue weighted by Crippen LogP contribution is -2.49. The van der Waals surface area contributed by atoms with E-state index in [1.807, 2.05) is 18.3 Å². The third-order valence-electron chi connectivity index (χ3n) is 5.52. The van der Waals surface area contributed by atoms with Crippen LogP contribution in [0, 0.1) is 0 Å². The lowest BCUT2D eigenvalue weighted by atomic mass is 9.99. The van der Waals surface area contributed by atoms with Gasteiger partial charge >= 0.3 is 6.03 Å². The number of carbonyl (C=O) groups excluding carboxylic acids is 1. The molecule has 0 aromatic carbocycles. The number of hydrogen-bond donors (Lipinski definition) is 2. The zero-order valence-corrected chi connectivity index (χ0v) is 15.5. The van der Waals surface area contributed by atoms with E-state index in [-0.39, 0.29) is 6.03 Å². The van der Waals surface area contributed by atoms with Crippen molar-refractivity contribution in [2.24, 2.45) is 0 Å². The summed E-state index contributed by atoms with van der Waals surface area (Å²) in [6.45, 7) is 8.97.